The second-order valence-corrected chi connectivity index (χ2v) is 7.63. The number of carbonyl (C=O) groups is 2. The lowest BCUT2D eigenvalue weighted by Crippen LogP contribution is -2.43. The van der Waals surface area contributed by atoms with Crippen LogP contribution in [0.5, 0.6) is 0 Å². The molecule has 0 saturated heterocycles. The zero-order valence-corrected chi connectivity index (χ0v) is 14.7. The van der Waals surface area contributed by atoms with Gasteiger partial charge in [0, 0.05) is 30.5 Å². The predicted molar refractivity (Wildman–Crippen MR) is 90.6 cm³/mol. The van der Waals surface area contributed by atoms with Gasteiger partial charge in [0.1, 0.15) is 5.78 Å². The maximum atomic E-state index is 12.9. The fourth-order valence-corrected chi connectivity index (χ4v) is 3.39. The smallest absolute Gasteiger partial charge is 0.226 e. The van der Waals surface area contributed by atoms with Crippen LogP contribution in [0.3, 0.4) is 0 Å². The van der Waals surface area contributed by atoms with Gasteiger partial charge in [-0.1, -0.05) is 39.7 Å². The number of carbonyl (C=O) groups excluding carboxylic acids is 2. The molecule has 2 rings (SSSR count). The Labute approximate surface area is 139 Å². The number of Topliss-reactive ketones (excluding diaryl/α,β-unsaturated/α-hetero) is 1. The van der Waals surface area contributed by atoms with Gasteiger partial charge in [-0.15, -0.1) is 0 Å². The van der Waals surface area contributed by atoms with E-state index in [0.717, 1.165) is 31.4 Å². The molecule has 1 aromatic heterocycles. The van der Waals surface area contributed by atoms with Crippen molar-refractivity contribution in [3.05, 3.63) is 30.1 Å². The first-order valence-electron chi connectivity index (χ1n) is 8.50. The maximum absolute atomic E-state index is 12.9. The molecular formula is C19H28N2O2. The van der Waals surface area contributed by atoms with Crippen LogP contribution in [0.4, 0.5) is 0 Å². The molecule has 1 amide bonds. The lowest BCUT2D eigenvalue weighted by atomic mass is 9.70. The molecule has 1 aliphatic rings. The summed E-state index contributed by atoms with van der Waals surface area (Å²) in [5.41, 5.74) is 0.484. The van der Waals surface area contributed by atoms with E-state index in [2.05, 4.69) is 4.98 Å². The molecule has 1 aliphatic carbocycles. The van der Waals surface area contributed by atoms with Crippen molar-refractivity contribution in [3.63, 3.8) is 0 Å². The average Bonchev–Trinajstić information content (AvgIpc) is 2.53. The van der Waals surface area contributed by atoms with Crippen LogP contribution in [0.2, 0.25) is 0 Å². The molecule has 23 heavy (non-hydrogen) atoms. The molecule has 1 saturated carbocycles. The normalized spacial score (nSPS) is 21.7. The topological polar surface area (TPSA) is 50.3 Å². The van der Waals surface area contributed by atoms with E-state index in [4.69, 9.17) is 0 Å². The third-order valence-electron chi connectivity index (χ3n) is 4.66. The molecule has 0 unspecified atom stereocenters. The molecule has 0 radical (unpaired) electrons. The van der Waals surface area contributed by atoms with E-state index >= 15 is 0 Å². The Hall–Kier alpha value is -1.71. The van der Waals surface area contributed by atoms with Crippen molar-refractivity contribution < 1.29 is 9.59 Å². The van der Waals surface area contributed by atoms with Gasteiger partial charge in [-0.3, -0.25) is 14.6 Å². The summed E-state index contributed by atoms with van der Waals surface area (Å²) < 4.78 is 0. The molecule has 0 bridgehead atoms. The van der Waals surface area contributed by atoms with Crippen molar-refractivity contribution >= 4 is 11.7 Å². The zero-order chi connectivity index (χ0) is 17.0. The Morgan fingerprint density at radius 2 is 1.83 bits per heavy atom. The Balaban J connectivity index is 2.10. The molecule has 126 valence electrons. The largest absolute Gasteiger partial charge is 0.340 e. The highest BCUT2D eigenvalue weighted by Crippen LogP contribution is 2.36. The summed E-state index contributed by atoms with van der Waals surface area (Å²) in [7, 11) is 1.81. The molecule has 1 heterocycles. The fraction of sp³-hybridized carbons (Fsp3) is 0.632. The molecular weight excluding hydrogens is 288 g/mol. The summed E-state index contributed by atoms with van der Waals surface area (Å²) in [4.78, 5) is 31.6. The Bertz CT molecular complexity index is 548. The van der Waals surface area contributed by atoms with Crippen LogP contribution in [0.25, 0.3) is 0 Å². The summed E-state index contributed by atoms with van der Waals surface area (Å²) in [6.07, 6.45) is 5.46. The van der Waals surface area contributed by atoms with Crippen molar-refractivity contribution in [2.45, 2.75) is 53.0 Å². The lowest BCUT2D eigenvalue weighted by Gasteiger charge is -2.35. The summed E-state index contributed by atoms with van der Waals surface area (Å²) in [6, 6.07) is 5.71. The molecule has 0 N–H and O–H groups in total. The highest BCUT2D eigenvalue weighted by Gasteiger charge is 2.40. The molecule has 1 fully saturated rings. The quantitative estimate of drug-likeness (QED) is 0.854. The first-order chi connectivity index (χ1) is 10.8. The van der Waals surface area contributed by atoms with Crippen molar-refractivity contribution in [3.8, 4) is 0 Å². The highest BCUT2D eigenvalue weighted by molar-refractivity contribution is 5.91. The first kappa shape index (κ1) is 17.6. The minimum absolute atomic E-state index is 0.0814. The van der Waals surface area contributed by atoms with Crippen molar-refractivity contribution in [2.24, 2.45) is 17.3 Å². The summed E-state index contributed by atoms with van der Waals surface area (Å²) in [5.74, 6) is -0.00800. The van der Waals surface area contributed by atoms with Crippen molar-refractivity contribution in [1.29, 1.82) is 0 Å². The van der Waals surface area contributed by atoms with Crippen LogP contribution in [0.1, 0.15) is 52.1 Å². The minimum Gasteiger partial charge on any atom is -0.340 e. The second kappa shape index (κ2) is 7.24. The maximum Gasteiger partial charge on any atom is 0.226 e. The predicted octanol–water partition coefficient (Wildman–Crippen LogP) is 3.46. The number of aromatic nitrogens is 1. The third-order valence-corrected chi connectivity index (χ3v) is 4.66. The van der Waals surface area contributed by atoms with Crippen LogP contribution >= 0.6 is 0 Å². The van der Waals surface area contributed by atoms with Gasteiger partial charge in [0.05, 0.1) is 12.2 Å². The molecule has 1 aromatic rings. The number of hydrogen-bond acceptors (Lipinski definition) is 3. The average molecular weight is 316 g/mol. The summed E-state index contributed by atoms with van der Waals surface area (Å²) in [5, 5.41) is 0. The van der Waals surface area contributed by atoms with Gasteiger partial charge >= 0.3 is 0 Å². The van der Waals surface area contributed by atoms with Crippen LogP contribution in [0.15, 0.2) is 24.4 Å². The minimum atomic E-state index is -0.389. The number of pyridine rings is 1. The van der Waals surface area contributed by atoms with Crippen LogP contribution in [-0.2, 0) is 16.1 Å². The molecule has 4 heteroatoms. The number of rotatable bonds is 4. The molecule has 0 spiro atoms. The van der Waals surface area contributed by atoms with E-state index in [0.29, 0.717) is 6.54 Å². The molecule has 0 aliphatic heterocycles. The van der Waals surface area contributed by atoms with Gasteiger partial charge in [0.15, 0.2) is 0 Å². The van der Waals surface area contributed by atoms with Crippen molar-refractivity contribution in [2.75, 3.05) is 7.05 Å². The van der Waals surface area contributed by atoms with E-state index in [9.17, 15) is 9.59 Å². The second-order valence-electron chi connectivity index (χ2n) is 7.63. The summed E-state index contributed by atoms with van der Waals surface area (Å²) in [6.45, 7) is 6.34. The third kappa shape index (κ3) is 4.40. The highest BCUT2D eigenvalue weighted by atomic mass is 16.2. The number of nitrogens with zero attached hydrogens (tertiary/aromatic N) is 2. The Morgan fingerprint density at radius 1 is 1.17 bits per heavy atom. The lowest BCUT2D eigenvalue weighted by molar-refractivity contribution is -0.145. The number of hydrogen-bond donors (Lipinski definition) is 0. The van der Waals surface area contributed by atoms with E-state index in [-0.39, 0.29) is 28.9 Å². The Morgan fingerprint density at radius 3 is 2.39 bits per heavy atom. The van der Waals surface area contributed by atoms with E-state index in [1.54, 1.807) is 11.1 Å². The van der Waals surface area contributed by atoms with Gasteiger partial charge in [-0.05, 0) is 25.0 Å². The van der Waals surface area contributed by atoms with E-state index in [1.807, 2.05) is 46.0 Å². The van der Waals surface area contributed by atoms with Gasteiger partial charge in [-0.25, -0.2) is 0 Å². The van der Waals surface area contributed by atoms with Gasteiger partial charge in [-0.2, -0.15) is 0 Å². The number of amides is 1. The van der Waals surface area contributed by atoms with Crippen LogP contribution in [-0.4, -0.2) is 28.6 Å². The Kier molecular flexibility index (Phi) is 5.55. The van der Waals surface area contributed by atoms with Gasteiger partial charge < -0.3 is 4.90 Å². The van der Waals surface area contributed by atoms with E-state index < -0.39 is 0 Å². The van der Waals surface area contributed by atoms with Crippen LogP contribution in [0, 0.1) is 17.3 Å². The zero-order valence-electron chi connectivity index (χ0n) is 14.7. The fourth-order valence-electron chi connectivity index (χ4n) is 3.39. The summed E-state index contributed by atoms with van der Waals surface area (Å²) >= 11 is 0. The van der Waals surface area contributed by atoms with E-state index in [1.165, 1.54) is 0 Å². The number of ketones is 1. The van der Waals surface area contributed by atoms with Crippen molar-refractivity contribution in [1.82, 2.24) is 9.88 Å². The SMILES string of the molecule is CN(Cc1ccccn1)C(=O)[C@H]1CCCC[C@H]1C(=O)C(C)(C)C. The molecule has 0 aromatic carbocycles. The molecule has 4 nitrogen and oxygen atoms in total. The first-order valence-corrected chi connectivity index (χ1v) is 8.50. The van der Waals surface area contributed by atoms with Gasteiger partial charge in [0.25, 0.3) is 0 Å². The van der Waals surface area contributed by atoms with Crippen LogP contribution < -0.4 is 0 Å². The molecule has 2 atom stereocenters. The standard InChI is InChI=1S/C19H28N2O2/c1-19(2,3)17(22)15-10-5-6-11-16(15)18(23)21(4)13-14-9-7-8-12-20-14/h7-9,12,15-16H,5-6,10-11,13H2,1-4H3/t15-,16+/m1/s1. The van der Waals surface area contributed by atoms with Gasteiger partial charge in [0.2, 0.25) is 5.91 Å². The monoisotopic (exact) mass is 316 g/mol.